The molecule has 0 radical (unpaired) electrons. The molecule has 0 unspecified atom stereocenters. The Morgan fingerprint density at radius 1 is 0.554 bits per heavy atom. The zero-order valence-electron chi connectivity index (χ0n) is 48.8. The van der Waals surface area contributed by atoms with E-state index >= 15 is 0 Å². The van der Waals surface area contributed by atoms with E-state index in [2.05, 4.69) is 40.7 Å². The highest BCUT2D eigenvalue weighted by Gasteiger charge is 2.71. The zero-order chi connectivity index (χ0) is 60.4. The summed E-state index contributed by atoms with van der Waals surface area (Å²) in [4.78, 5) is 14.8. The molecule has 0 spiro atoms. The quantitative estimate of drug-likeness (QED) is 0.0576. The van der Waals surface area contributed by atoms with E-state index in [0.29, 0.717) is 51.4 Å². The maximum absolute atomic E-state index is 14.8. The predicted molar refractivity (Wildman–Crippen MR) is 282 cm³/mol. The summed E-state index contributed by atoms with van der Waals surface area (Å²) in [6.45, 7) is 14.5. The molecule has 25 heteroatoms. The summed E-state index contributed by atoms with van der Waals surface area (Å²) in [7, 11) is 0. The summed E-state index contributed by atoms with van der Waals surface area (Å²) >= 11 is 0. The van der Waals surface area contributed by atoms with Crippen molar-refractivity contribution in [3.63, 3.8) is 0 Å². The lowest BCUT2D eigenvalue weighted by Crippen LogP contribution is -2.67. The van der Waals surface area contributed by atoms with E-state index < -0.39 is 177 Å². The molecular formula is C58H94O25. The highest BCUT2D eigenvalue weighted by molar-refractivity contribution is 5.79. The number of aliphatic hydroxyl groups is 14. The number of rotatable bonds is 12. The lowest BCUT2D eigenvalue weighted by atomic mass is 9.33. The minimum Gasteiger partial charge on any atom is -0.432 e. The highest BCUT2D eigenvalue weighted by Crippen LogP contribution is 2.76. The van der Waals surface area contributed by atoms with Crippen molar-refractivity contribution >= 4 is 5.97 Å². The second-order valence-corrected chi connectivity index (χ2v) is 28.0. The van der Waals surface area contributed by atoms with Crippen molar-refractivity contribution in [1.29, 1.82) is 0 Å². The molecule has 5 saturated heterocycles. The maximum atomic E-state index is 14.8. The maximum Gasteiger partial charge on any atom is 0.315 e. The normalized spacial score (nSPS) is 55.4. The number of hydrogen-bond acceptors (Lipinski definition) is 25. The van der Waals surface area contributed by atoms with Crippen LogP contribution in [0.25, 0.3) is 0 Å². The Bertz CT molecular complexity index is 2310. The van der Waals surface area contributed by atoms with Crippen molar-refractivity contribution in [2.24, 2.45) is 50.2 Å². The van der Waals surface area contributed by atoms with Gasteiger partial charge in [0.25, 0.3) is 0 Å². The smallest absolute Gasteiger partial charge is 0.315 e. The van der Waals surface area contributed by atoms with Crippen molar-refractivity contribution in [2.75, 3.05) is 26.4 Å². The van der Waals surface area contributed by atoms with Gasteiger partial charge in [-0.25, -0.2) is 0 Å². The van der Waals surface area contributed by atoms with Crippen LogP contribution in [0.15, 0.2) is 11.6 Å². The van der Waals surface area contributed by atoms with Gasteiger partial charge in [-0.05, 0) is 117 Å². The van der Waals surface area contributed by atoms with Gasteiger partial charge in [0.15, 0.2) is 25.2 Å². The van der Waals surface area contributed by atoms with Crippen molar-refractivity contribution in [3.8, 4) is 0 Å². The summed E-state index contributed by atoms with van der Waals surface area (Å²) < 4.78 is 60.7. The Kier molecular flexibility index (Phi) is 18.3. The number of allylic oxidation sites excluding steroid dienone is 2. The minimum absolute atomic E-state index is 0.103. The number of hydrogen-bond donors (Lipinski definition) is 14. The average Bonchev–Trinajstić information content (AvgIpc) is 0.781. The molecule has 10 rings (SSSR count). The highest BCUT2D eigenvalue weighted by atomic mass is 16.8. The van der Waals surface area contributed by atoms with Gasteiger partial charge < -0.3 is 119 Å². The van der Waals surface area contributed by atoms with Crippen LogP contribution < -0.4 is 0 Å². The molecule has 32 atom stereocenters. The molecule has 9 fully saturated rings. The van der Waals surface area contributed by atoms with E-state index in [1.807, 2.05) is 6.92 Å². The third kappa shape index (κ3) is 10.7. The molecule has 0 aromatic carbocycles. The molecule has 4 saturated carbocycles. The molecule has 5 heterocycles. The first-order chi connectivity index (χ1) is 38.9. The summed E-state index contributed by atoms with van der Waals surface area (Å²) in [5.41, 5.74) is -1.74. The standard InChI is InChI=1S/C58H94O25/c1-24-34(63)39(68)42(71)47(76-24)80-46-41(70)35(64)25(2)77-51(46)82-45-37(66)29(62)22-75-50(45)81-44-36(65)28(61)21-74-49(44)79-33-12-13-54(5)31(55(33,6)23-60)11-14-57(8)32(54)10-9-26-27-19-53(3,4)15-17-58(27,18-16-56(26,57)7)52(73)83-48-43(72)40(69)38(67)30(20-59)78-48/h9,24-25,27-51,59-72H,10-23H2,1-8H3/t24-,25-,27-,28-,29+,30+,31+,32+,33-,34-,35-,36-,37-,38+,39+,40-,41+,42+,43+,44+,45+,46+,47-,48-,49-,50-,51-,54-,55-,56+,57+,58-/m0/s1. The SMILES string of the molecule is C[C@@H]1O[C@@H](O[C@H]2[C@H](O[C@H]3[C@H](O[C@H]4[C@H](O[C@H]5CC[C@@]6(C)[C@@H](CC[C@]7(C)[C@@H]6CC=C6[C@@H]8CC(C)(C)CC[C@]8(C(=O)O[C@@H]8O[C@H](CO)[C@@H](O)[C@H](O)[C@H]8O)CC[C@]67C)[C@]5(C)CO)OC[C@H](O)[C@@H]4O)OC[C@@H](O)[C@@H]3O)O[C@@H](C)[C@H](O)[C@H]2O)[C@H](O)[C@H](O)[C@H]1O. The van der Waals surface area contributed by atoms with E-state index in [9.17, 15) is 76.3 Å². The molecule has 476 valence electrons. The zero-order valence-corrected chi connectivity index (χ0v) is 48.8. The van der Waals surface area contributed by atoms with Crippen molar-refractivity contribution in [1.82, 2.24) is 0 Å². The molecule has 25 nitrogen and oxygen atoms in total. The van der Waals surface area contributed by atoms with Gasteiger partial charge >= 0.3 is 5.97 Å². The van der Waals surface area contributed by atoms with Crippen LogP contribution in [0.2, 0.25) is 0 Å². The van der Waals surface area contributed by atoms with Crippen LogP contribution >= 0.6 is 0 Å². The number of aliphatic hydroxyl groups excluding tert-OH is 14. The topological polar surface area (TPSA) is 393 Å². The third-order valence-electron chi connectivity index (χ3n) is 22.8. The second kappa shape index (κ2) is 23.6. The first-order valence-electron chi connectivity index (χ1n) is 30.0. The Balaban J connectivity index is 0.876. The lowest BCUT2D eigenvalue weighted by Gasteiger charge is -2.71. The Morgan fingerprint density at radius 3 is 1.72 bits per heavy atom. The number of ether oxygens (including phenoxy) is 10. The fraction of sp³-hybridized carbons (Fsp3) is 0.948. The number of fused-ring (bicyclic) bond motifs is 7. The van der Waals surface area contributed by atoms with Crippen LogP contribution in [-0.4, -0.2) is 251 Å². The molecule has 0 aromatic rings. The van der Waals surface area contributed by atoms with Crippen molar-refractivity contribution in [2.45, 2.75) is 267 Å². The van der Waals surface area contributed by atoms with E-state index in [1.54, 1.807) is 0 Å². The second-order valence-electron chi connectivity index (χ2n) is 28.0. The molecule has 83 heavy (non-hydrogen) atoms. The van der Waals surface area contributed by atoms with Crippen LogP contribution in [0.5, 0.6) is 0 Å². The first kappa shape index (κ1) is 64.3. The molecule has 0 amide bonds. The van der Waals surface area contributed by atoms with E-state index in [0.717, 1.165) is 12.8 Å². The van der Waals surface area contributed by atoms with Crippen LogP contribution in [0.4, 0.5) is 0 Å². The van der Waals surface area contributed by atoms with Gasteiger partial charge in [0.2, 0.25) is 6.29 Å². The largest absolute Gasteiger partial charge is 0.432 e. The average molecular weight is 1190 g/mol. The van der Waals surface area contributed by atoms with Gasteiger partial charge in [0.05, 0.1) is 50.2 Å². The van der Waals surface area contributed by atoms with Gasteiger partial charge in [-0.15, -0.1) is 0 Å². The molecule has 5 aliphatic heterocycles. The number of carbonyl (C=O) groups is 1. The van der Waals surface area contributed by atoms with Crippen molar-refractivity contribution in [3.05, 3.63) is 11.6 Å². The minimum atomic E-state index is -1.84. The molecule has 0 aromatic heterocycles. The third-order valence-corrected chi connectivity index (χ3v) is 22.8. The van der Waals surface area contributed by atoms with Crippen LogP contribution in [0.1, 0.15) is 120 Å². The molecular weight excluding hydrogens is 1100 g/mol. The van der Waals surface area contributed by atoms with Gasteiger partial charge in [-0.2, -0.15) is 0 Å². The lowest BCUT2D eigenvalue weighted by molar-refractivity contribution is -0.397. The van der Waals surface area contributed by atoms with Gasteiger partial charge in [0, 0.05) is 5.41 Å². The van der Waals surface area contributed by atoms with Gasteiger partial charge in [0.1, 0.15) is 97.7 Å². The fourth-order valence-electron chi connectivity index (χ4n) is 17.3. The summed E-state index contributed by atoms with van der Waals surface area (Å²) in [6.07, 6.45) is -28.3. The summed E-state index contributed by atoms with van der Waals surface area (Å²) in [5, 5.41) is 153. The molecule has 10 aliphatic rings. The monoisotopic (exact) mass is 1190 g/mol. The summed E-state index contributed by atoms with van der Waals surface area (Å²) in [6, 6.07) is 0. The van der Waals surface area contributed by atoms with Crippen molar-refractivity contribution < 1.29 is 124 Å². The molecule has 0 bridgehead atoms. The van der Waals surface area contributed by atoms with Crippen LogP contribution in [-0.2, 0) is 52.2 Å². The number of carbonyl (C=O) groups excluding carboxylic acids is 1. The van der Waals surface area contributed by atoms with Crippen LogP contribution in [0, 0.1) is 50.2 Å². The van der Waals surface area contributed by atoms with E-state index in [-0.39, 0.29) is 52.6 Å². The summed E-state index contributed by atoms with van der Waals surface area (Å²) in [5.74, 6) is -0.727. The molecule has 14 N–H and O–H groups in total. The van der Waals surface area contributed by atoms with Crippen LogP contribution in [0.3, 0.4) is 0 Å². The van der Waals surface area contributed by atoms with Gasteiger partial charge in [-0.1, -0.05) is 53.2 Å². The Morgan fingerprint density at radius 2 is 1.10 bits per heavy atom. The fourth-order valence-corrected chi connectivity index (χ4v) is 17.3. The Labute approximate surface area is 483 Å². The first-order valence-corrected chi connectivity index (χ1v) is 30.0. The van der Waals surface area contributed by atoms with Gasteiger partial charge in [-0.3, -0.25) is 4.79 Å². The van der Waals surface area contributed by atoms with E-state index in [1.165, 1.54) is 19.4 Å². The predicted octanol–water partition coefficient (Wildman–Crippen LogP) is -1.91. The number of esters is 1. The molecule has 5 aliphatic carbocycles. The Hall–Kier alpha value is -1.71. The van der Waals surface area contributed by atoms with E-state index in [4.69, 9.17) is 47.4 Å².